The lowest BCUT2D eigenvalue weighted by Gasteiger charge is -2.14. The van der Waals surface area contributed by atoms with Gasteiger partial charge in [0.1, 0.15) is 17.4 Å². The smallest absolute Gasteiger partial charge is 0.343 e. The van der Waals surface area contributed by atoms with Crippen molar-refractivity contribution in [1.82, 2.24) is 0 Å². The molecule has 0 aliphatic heterocycles. The van der Waals surface area contributed by atoms with Crippen LogP contribution in [-0.4, -0.2) is 38.8 Å². The van der Waals surface area contributed by atoms with Crippen LogP contribution < -0.4 is 19.5 Å². The van der Waals surface area contributed by atoms with Crippen LogP contribution in [0, 0.1) is 11.3 Å². The standard InChI is InChI=1S/C23H23ClN2O6/c1-4-30-18-8-6-17(7-9-18)26-23(28)16(13-25)10-15-11-19(24)22(20(12-15)31-5-2)32-14-21(27)29-3/h6-12H,4-5,14H2,1-3H3,(H,26,28)/b16-10+. The highest BCUT2D eigenvalue weighted by Crippen LogP contribution is 2.37. The first-order valence-electron chi connectivity index (χ1n) is 9.73. The van der Waals surface area contributed by atoms with Crippen LogP contribution in [0.15, 0.2) is 42.0 Å². The molecule has 0 fully saturated rings. The lowest BCUT2D eigenvalue weighted by Crippen LogP contribution is -2.14. The summed E-state index contributed by atoms with van der Waals surface area (Å²) < 4.78 is 20.9. The number of nitrogens with one attached hydrogen (secondary N) is 1. The molecule has 0 heterocycles. The first-order chi connectivity index (χ1) is 15.4. The number of hydrogen-bond acceptors (Lipinski definition) is 7. The zero-order valence-electron chi connectivity index (χ0n) is 17.9. The summed E-state index contributed by atoms with van der Waals surface area (Å²) in [6, 6.07) is 11.7. The van der Waals surface area contributed by atoms with E-state index in [1.165, 1.54) is 19.3 Å². The van der Waals surface area contributed by atoms with E-state index in [0.29, 0.717) is 30.2 Å². The van der Waals surface area contributed by atoms with Gasteiger partial charge >= 0.3 is 5.97 Å². The number of anilines is 1. The number of halogens is 1. The Kier molecular flexibility index (Phi) is 9.39. The van der Waals surface area contributed by atoms with Gasteiger partial charge in [0, 0.05) is 5.69 Å². The van der Waals surface area contributed by atoms with Gasteiger partial charge in [-0.3, -0.25) is 4.79 Å². The van der Waals surface area contributed by atoms with E-state index in [2.05, 4.69) is 10.1 Å². The maximum atomic E-state index is 12.6. The molecule has 2 aromatic carbocycles. The molecule has 9 heteroatoms. The Labute approximate surface area is 191 Å². The third-order valence-electron chi connectivity index (χ3n) is 3.99. The van der Waals surface area contributed by atoms with Crippen LogP contribution in [0.4, 0.5) is 5.69 Å². The second-order valence-electron chi connectivity index (χ2n) is 6.21. The molecule has 0 saturated heterocycles. The second kappa shape index (κ2) is 12.2. The number of carbonyl (C=O) groups is 2. The predicted molar refractivity (Wildman–Crippen MR) is 120 cm³/mol. The van der Waals surface area contributed by atoms with Crippen LogP contribution in [0.2, 0.25) is 5.02 Å². The number of amides is 1. The molecule has 0 saturated carbocycles. The zero-order chi connectivity index (χ0) is 23.5. The van der Waals surface area contributed by atoms with Crippen molar-refractivity contribution in [2.24, 2.45) is 0 Å². The molecular weight excluding hydrogens is 436 g/mol. The summed E-state index contributed by atoms with van der Waals surface area (Å²) >= 11 is 6.29. The van der Waals surface area contributed by atoms with E-state index in [0.717, 1.165) is 0 Å². The van der Waals surface area contributed by atoms with Crippen LogP contribution in [-0.2, 0) is 14.3 Å². The van der Waals surface area contributed by atoms with Gasteiger partial charge in [-0.15, -0.1) is 0 Å². The third kappa shape index (κ3) is 6.93. The van der Waals surface area contributed by atoms with E-state index in [-0.39, 0.29) is 28.7 Å². The molecule has 32 heavy (non-hydrogen) atoms. The summed E-state index contributed by atoms with van der Waals surface area (Å²) in [4.78, 5) is 23.9. The van der Waals surface area contributed by atoms with Gasteiger partial charge in [-0.1, -0.05) is 11.6 Å². The minimum Gasteiger partial charge on any atom is -0.494 e. The SMILES string of the molecule is CCOc1ccc(NC(=O)/C(C#N)=C/c2cc(Cl)c(OCC(=O)OC)c(OCC)c2)cc1. The van der Waals surface area contributed by atoms with Gasteiger partial charge in [0.25, 0.3) is 5.91 Å². The first kappa shape index (κ1) is 24.6. The maximum absolute atomic E-state index is 12.6. The largest absolute Gasteiger partial charge is 0.494 e. The average Bonchev–Trinajstić information content (AvgIpc) is 2.78. The molecule has 1 N–H and O–H groups in total. The van der Waals surface area contributed by atoms with Crippen LogP contribution in [0.5, 0.6) is 17.2 Å². The molecule has 0 unspecified atom stereocenters. The Balaban J connectivity index is 2.25. The number of hydrogen-bond donors (Lipinski definition) is 1. The molecule has 0 aliphatic carbocycles. The highest BCUT2D eigenvalue weighted by molar-refractivity contribution is 6.32. The van der Waals surface area contributed by atoms with Crippen molar-refractivity contribution >= 4 is 35.2 Å². The molecular formula is C23H23ClN2O6. The molecule has 0 bridgehead atoms. The van der Waals surface area contributed by atoms with E-state index < -0.39 is 11.9 Å². The predicted octanol–water partition coefficient (Wildman–Crippen LogP) is 4.23. The maximum Gasteiger partial charge on any atom is 0.343 e. The number of carbonyl (C=O) groups excluding carboxylic acids is 2. The molecule has 0 atom stereocenters. The molecule has 2 rings (SSSR count). The summed E-state index contributed by atoms with van der Waals surface area (Å²) in [5.41, 5.74) is 0.821. The fourth-order valence-electron chi connectivity index (χ4n) is 2.58. The van der Waals surface area contributed by atoms with Gasteiger partial charge < -0.3 is 24.3 Å². The quantitative estimate of drug-likeness (QED) is 0.322. The van der Waals surface area contributed by atoms with Gasteiger partial charge in [0.15, 0.2) is 18.1 Å². The van der Waals surface area contributed by atoms with Crippen LogP contribution in [0.25, 0.3) is 6.08 Å². The molecule has 8 nitrogen and oxygen atoms in total. The summed E-state index contributed by atoms with van der Waals surface area (Å²) in [7, 11) is 1.24. The summed E-state index contributed by atoms with van der Waals surface area (Å²) in [5.74, 6) is -0.0658. The Morgan fingerprint density at radius 3 is 2.38 bits per heavy atom. The van der Waals surface area contributed by atoms with Crippen LogP contribution in [0.3, 0.4) is 0 Å². The molecule has 0 spiro atoms. The lowest BCUT2D eigenvalue weighted by atomic mass is 10.1. The van der Waals surface area contributed by atoms with Crippen molar-refractivity contribution in [2.45, 2.75) is 13.8 Å². The van der Waals surface area contributed by atoms with E-state index in [9.17, 15) is 14.9 Å². The topological polar surface area (TPSA) is 107 Å². The van der Waals surface area contributed by atoms with Crippen LogP contribution >= 0.6 is 11.6 Å². The average molecular weight is 459 g/mol. The van der Waals surface area contributed by atoms with Crippen LogP contribution in [0.1, 0.15) is 19.4 Å². The fourth-order valence-corrected chi connectivity index (χ4v) is 2.85. The monoisotopic (exact) mass is 458 g/mol. The number of esters is 1. The molecule has 0 radical (unpaired) electrons. The fraction of sp³-hybridized carbons (Fsp3) is 0.261. The molecule has 1 amide bonds. The number of nitrogens with zero attached hydrogens (tertiary/aromatic N) is 1. The number of benzene rings is 2. The number of ether oxygens (including phenoxy) is 4. The minimum absolute atomic E-state index is 0.138. The molecule has 0 aliphatic rings. The van der Waals surface area contributed by atoms with Gasteiger partial charge in [-0.2, -0.15) is 5.26 Å². The highest BCUT2D eigenvalue weighted by atomic mass is 35.5. The Morgan fingerprint density at radius 1 is 1.09 bits per heavy atom. The van der Waals surface area contributed by atoms with Crippen molar-refractivity contribution in [2.75, 3.05) is 32.2 Å². The summed E-state index contributed by atoms with van der Waals surface area (Å²) in [6.45, 7) is 4.14. The number of rotatable bonds is 10. The van der Waals surface area contributed by atoms with Gasteiger partial charge in [-0.25, -0.2) is 4.79 Å². The molecule has 2 aromatic rings. The van der Waals surface area contributed by atoms with E-state index in [4.69, 9.17) is 25.8 Å². The lowest BCUT2D eigenvalue weighted by molar-refractivity contribution is -0.142. The van der Waals surface area contributed by atoms with Crippen molar-refractivity contribution in [3.05, 3.63) is 52.6 Å². The molecule has 168 valence electrons. The normalized spacial score (nSPS) is 10.7. The Hall–Kier alpha value is -3.70. The zero-order valence-corrected chi connectivity index (χ0v) is 18.7. The van der Waals surface area contributed by atoms with E-state index in [1.54, 1.807) is 37.3 Å². The highest BCUT2D eigenvalue weighted by Gasteiger charge is 2.16. The van der Waals surface area contributed by atoms with E-state index in [1.807, 2.05) is 13.0 Å². The minimum atomic E-state index is -0.586. The van der Waals surface area contributed by atoms with Crippen molar-refractivity contribution in [3.8, 4) is 23.3 Å². The first-order valence-corrected chi connectivity index (χ1v) is 10.1. The Morgan fingerprint density at radius 2 is 1.78 bits per heavy atom. The van der Waals surface area contributed by atoms with Gasteiger partial charge in [-0.05, 0) is 61.9 Å². The third-order valence-corrected chi connectivity index (χ3v) is 4.27. The Bertz CT molecular complexity index is 1030. The van der Waals surface area contributed by atoms with Crippen molar-refractivity contribution in [3.63, 3.8) is 0 Å². The molecule has 0 aromatic heterocycles. The van der Waals surface area contributed by atoms with Crippen molar-refractivity contribution < 1.29 is 28.5 Å². The van der Waals surface area contributed by atoms with Gasteiger partial charge in [0.05, 0.1) is 25.3 Å². The number of methoxy groups -OCH3 is 1. The second-order valence-corrected chi connectivity index (χ2v) is 6.62. The number of nitriles is 1. The van der Waals surface area contributed by atoms with E-state index >= 15 is 0 Å². The van der Waals surface area contributed by atoms with Crippen molar-refractivity contribution in [1.29, 1.82) is 5.26 Å². The summed E-state index contributed by atoms with van der Waals surface area (Å²) in [6.07, 6.45) is 1.38. The van der Waals surface area contributed by atoms with Gasteiger partial charge in [0.2, 0.25) is 0 Å². The summed E-state index contributed by atoms with van der Waals surface area (Å²) in [5, 5.41) is 12.3.